The zero-order valence-electron chi connectivity index (χ0n) is 12.0. The first-order chi connectivity index (χ1) is 8.81. The SMILES string of the molecule is Cc1ccc(F)c(C(=O)N2CCN(C)C(C)(C)C2)c1. The number of hydrogen-bond acceptors (Lipinski definition) is 2. The predicted octanol–water partition coefficient (Wildman–Crippen LogP) is 2.30. The van der Waals surface area contributed by atoms with Crippen LogP contribution in [0.2, 0.25) is 0 Å². The Kier molecular flexibility index (Phi) is 3.63. The maximum Gasteiger partial charge on any atom is 0.256 e. The molecule has 1 fully saturated rings. The Hall–Kier alpha value is -1.42. The minimum Gasteiger partial charge on any atom is -0.335 e. The van der Waals surface area contributed by atoms with E-state index >= 15 is 0 Å². The van der Waals surface area contributed by atoms with E-state index in [9.17, 15) is 9.18 Å². The Morgan fingerprint density at radius 3 is 2.63 bits per heavy atom. The number of piperazine rings is 1. The second-order valence-corrected chi connectivity index (χ2v) is 5.94. The summed E-state index contributed by atoms with van der Waals surface area (Å²) < 4.78 is 13.8. The average Bonchev–Trinajstić information content (AvgIpc) is 2.35. The van der Waals surface area contributed by atoms with Crippen molar-refractivity contribution in [1.29, 1.82) is 0 Å². The van der Waals surface area contributed by atoms with Crippen molar-refractivity contribution in [2.45, 2.75) is 26.3 Å². The lowest BCUT2D eigenvalue weighted by Gasteiger charge is -2.45. The highest BCUT2D eigenvalue weighted by Gasteiger charge is 2.34. The van der Waals surface area contributed by atoms with Crippen LogP contribution >= 0.6 is 0 Å². The minimum atomic E-state index is -0.438. The Labute approximate surface area is 114 Å². The van der Waals surface area contributed by atoms with E-state index in [0.29, 0.717) is 13.1 Å². The van der Waals surface area contributed by atoms with Gasteiger partial charge in [-0.3, -0.25) is 9.69 Å². The van der Waals surface area contributed by atoms with E-state index in [1.807, 2.05) is 6.92 Å². The number of hydrogen-bond donors (Lipinski definition) is 0. The molecule has 0 aromatic heterocycles. The number of carbonyl (C=O) groups is 1. The largest absolute Gasteiger partial charge is 0.335 e. The molecule has 0 atom stereocenters. The summed E-state index contributed by atoms with van der Waals surface area (Å²) in [6.07, 6.45) is 0. The van der Waals surface area contributed by atoms with Crippen LogP contribution < -0.4 is 0 Å². The lowest BCUT2D eigenvalue weighted by Crippen LogP contribution is -2.58. The van der Waals surface area contributed by atoms with Crippen LogP contribution in [0.25, 0.3) is 0 Å². The number of nitrogens with zero attached hydrogens (tertiary/aromatic N) is 2. The van der Waals surface area contributed by atoms with Gasteiger partial charge in [0.15, 0.2) is 0 Å². The van der Waals surface area contributed by atoms with E-state index in [2.05, 4.69) is 25.8 Å². The van der Waals surface area contributed by atoms with E-state index < -0.39 is 5.82 Å². The van der Waals surface area contributed by atoms with E-state index in [0.717, 1.165) is 12.1 Å². The summed E-state index contributed by atoms with van der Waals surface area (Å²) in [4.78, 5) is 16.4. The molecule has 0 spiro atoms. The Bertz CT molecular complexity index is 499. The molecule has 1 saturated heterocycles. The van der Waals surface area contributed by atoms with Gasteiger partial charge in [0, 0.05) is 25.2 Å². The maximum absolute atomic E-state index is 13.8. The molecule has 1 aromatic carbocycles. The molecule has 0 aliphatic carbocycles. The van der Waals surface area contributed by atoms with Gasteiger partial charge in [-0.2, -0.15) is 0 Å². The van der Waals surface area contributed by atoms with Crippen molar-refractivity contribution < 1.29 is 9.18 Å². The van der Waals surface area contributed by atoms with Crippen molar-refractivity contribution in [3.8, 4) is 0 Å². The summed E-state index contributed by atoms with van der Waals surface area (Å²) in [5.74, 6) is -0.644. The molecule has 1 aromatic rings. The fourth-order valence-electron chi connectivity index (χ4n) is 2.39. The van der Waals surface area contributed by atoms with Crippen LogP contribution in [0.5, 0.6) is 0 Å². The molecule has 3 nitrogen and oxygen atoms in total. The van der Waals surface area contributed by atoms with Gasteiger partial charge in [-0.1, -0.05) is 11.6 Å². The first kappa shape index (κ1) is 14.0. The molecule has 0 bridgehead atoms. The van der Waals surface area contributed by atoms with Gasteiger partial charge in [0.2, 0.25) is 0 Å². The molecule has 1 heterocycles. The topological polar surface area (TPSA) is 23.6 Å². The van der Waals surface area contributed by atoms with Gasteiger partial charge in [0.05, 0.1) is 5.56 Å². The van der Waals surface area contributed by atoms with Gasteiger partial charge in [-0.15, -0.1) is 0 Å². The molecule has 104 valence electrons. The van der Waals surface area contributed by atoms with Crippen LogP contribution in [0.4, 0.5) is 4.39 Å². The van der Waals surface area contributed by atoms with Gasteiger partial charge in [0.1, 0.15) is 5.82 Å². The third-order valence-electron chi connectivity index (χ3n) is 3.96. The highest BCUT2D eigenvalue weighted by molar-refractivity contribution is 5.94. The summed E-state index contributed by atoms with van der Waals surface area (Å²) in [5, 5.41) is 0. The van der Waals surface area contributed by atoms with E-state index in [4.69, 9.17) is 0 Å². The lowest BCUT2D eigenvalue weighted by atomic mass is 9.99. The summed E-state index contributed by atoms with van der Waals surface area (Å²) in [5.41, 5.74) is 1.01. The Morgan fingerprint density at radius 2 is 2.00 bits per heavy atom. The Balaban J connectivity index is 2.23. The van der Waals surface area contributed by atoms with Crippen LogP contribution in [0.1, 0.15) is 29.8 Å². The maximum atomic E-state index is 13.8. The fourth-order valence-corrected chi connectivity index (χ4v) is 2.39. The molecule has 2 rings (SSSR count). The van der Waals surface area contributed by atoms with Gasteiger partial charge >= 0.3 is 0 Å². The summed E-state index contributed by atoms with van der Waals surface area (Å²) in [7, 11) is 2.05. The van der Waals surface area contributed by atoms with Crippen molar-refractivity contribution >= 4 is 5.91 Å². The molecule has 0 radical (unpaired) electrons. The van der Waals surface area contributed by atoms with Crippen LogP contribution in [0, 0.1) is 12.7 Å². The number of likely N-dealkylation sites (N-methyl/N-ethyl adjacent to an activating group) is 1. The van der Waals surface area contributed by atoms with Crippen LogP contribution in [-0.4, -0.2) is 47.9 Å². The number of rotatable bonds is 1. The molecule has 0 N–H and O–H groups in total. The molecular weight excluding hydrogens is 243 g/mol. The van der Waals surface area contributed by atoms with E-state index in [1.54, 1.807) is 17.0 Å². The Morgan fingerprint density at radius 1 is 1.32 bits per heavy atom. The van der Waals surface area contributed by atoms with Crippen LogP contribution in [0.15, 0.2) is 18.2 Å². The molecule has 0 unspecified atom stereocenters. The van der Waals surface area contributed by atoms with E-state index in [-0.39, 0.29) is 17.0 Å². The van der Waals surface area contributed by atoms with Crippen molar-refractivity contribution in [3.05, 3.63) is 35.1 Å². The third-order valence-corrected chi connectivity index (χ3v) is 3.96. The molecule has 1 aliphatic rings. The fraction of sp³-hybridized carbons (Fsp3) is 0.533. The number of carbonyl (C=O) groups excluding carboxylic acids is 1. The van der Waals surface area contributed by atoms with Crippen molar-refractivity contribution in [3.63, 3.8) is 0 Å². The molecule has 1 amide bonds. The third kappa shape index (κ3) is 2.78. The smallest absolute Gasteiger partial charge is 0.256 e. The second kappa shape index (κ2) is 4.93. The lowest BCUT2D eigenvalue weighted by molar-refractivity contribution is 0.0308. The second-order valence-electron chi connectivity index (χ2n) is 5.94. The number of aryl methyl sites for hydroxylation is 1. The molecular formula is C15H21FN2O. The first-order valence-corrected chi connectivity index (χ1v) is 6.58. The molecule has 0 saturated carbocycles. The van der Waals surface area contributed by atoms with E-state index in [1.165, 1.54) is 6.07 Å². The van der Waals surface area contributed by atoms with Gasteiger partial charge in [-0.25, -0.2) is 4.39 Å². The van der Waals surface area contributed by atoms with Crippen molar-refractivity contribution in [1.82, 2.24) is 9.80 Å². The van der Waals surface area contributed by atoms with Crippen LogP contribution in [-0.2, 0) is 0 Å². The summed E-state index contributed by atoms with van der Waals surface area (Å²) in [6.45, 7) is 8.14. The summed E-state index contributed by atoms with van der Waals surface area (Å²) in [6, 6.07) is 4.67. The average molecular weight is 264 g/mol. The monoisotopic (exact) mass is 264 g/mol. The molecule has 1 aliphatic heterocycles. The highest BCUT2D eigenvalue weighted by Crippen LogP contribution is 2.21. The van der Waals surface area contributed by atoms with Gasteiger partial charge < -0.3 is 4.90 Å². The van der Waals surface area contributed by atoms with Gasteiger partial charge in [-0.05, 0) is 40.0 Å². The standard InChI is InChI=1S/C15H21FN2O/c1-11-5-6-13(16)12(9-11)14(19)18-8-7-17(4)15(2,3)10-18/h5-6,9H,7-8,10H2,1-4H3. The molecule has 19 heavy (non-hydrogen) atoms. The first-order valence-electron chi connectivity index (χ1n) is 6.58. The van der Waals surface area contributed by atoms with Gasteiger partial charge in [0.25, 0.3) is 5.91 Å². The van der Waals surface area contributed by atoms with Crippen LogP contribution in [0.3, 0.4) is 0 Å². The number of halogens is 1. The number of benzene rings is 1. The number of amides is 1. The predicted molar refractivity (Wildman–Crippen MR) is 73.7 cm³/mol. The quantitative estimate of drug-likeness (QED) is 0.777. The normalized spacial score (nSPS) is 19.5. The van der Waals surface area contributed by atoms with Crippen molar-refractivity contribution in [2.24, 2.45) is 0 Å². The minimum absolute atomic E-state index is 0.0752. The summed E-state index contributed by atoms with van der Waals surface area (Å²) >= 11 is 0. The zero-order valence-corrected chi connectivity index (χ0v) is 12.0. The molecule has 4 heteroatoms. The zero-order chi connectivity index (χ0) is 14.2. The van der Waals surface area contributed by atoms with Crippen molar-refractivity contribution in [2.75, 3.05) is 26.7 Å². The highest BCUT2D eigenvalue weighted by atomic mass is 19.1.